The molecule has 1 aromatic carbocycles. The Kier molecular flexibility index (Phi) is 9.54. The Hall–Kier alpha value is -2.57. The van der Waals surface area contributed by atoms with E-state index in [0.29, 0.717) is 32.5 Å². The molecule has 0 radical (unpaired) electrons. The van der Waals surface area contributed by atoms with E-state index in [1.54, 1.807) is 16.7 Å². The zero-order valence-corrected chi connectivity index (χ0v) is 20.1. The van der Waals surface area contributed by atoms with Crippen LogP contribution in [-0.2, 0) is 25.5 Å². The third-order valence-corrected chi connectivity index (χ3v) is 5.51. The fourth-order valence-electron chi connectivity index (χ4n) is 3.93. The number of esters is 2. The lowest BCUT2D eigenvalue weighted by atomic mass is 9.99. The molecule has 1 aliphatic heterocycles. The molecule has 7 nitrogen and oxygen atoms in total. The number of hydrogen-bond acceptors (Lipinski definition) is 5. The summed E-state index contributed by atoms with van der Waals surface area (Å²) in [6, 6.07) is 9.15. The second-order valence-electron chi connectivity index (χ2n) is 9.18. The number of carbonyl (C=O) groups excluding carboxylic acids is 3. The van der Waals surface area contributed by atoms with Gasteiger partial charge >= 0.3 is 18.0 Å². The number of ether oxygens (including phenoxy) is 2. The molecule has 1 saturated heterocycles. The summed E-state index contributed by atoms with van der Waals surface area (Å²) in [6.45, 7) is 10.6. The first-order valence-electron chi connectivity index (χ1n) is 11.6. The molecule has 2 atom stereocenters. The lowest BCUT2D eigenvalue weighted by molar-refractivity contribution is -0.159. The molecule has 0 spiro atoms. The first-order valence-corrected chi connectivity index (χ1v) is 11.6. The fraction of sp³-hybridized carbons (Fsp3) is 0.640. The molecule has 178 valence electrons. The lowest BCUT2D eigenvalue weighted by Crippen LogP contribution is -2.51. The van der Waals surface area contributed by atoms with Gasteiger partial charge in [-0.1, -0.05) is 30.3 Å². The van der Waals surface area contributed by atoms with Gasteiger partial charge in [0.05, 0.1) is 12.5 Å². The van der Waals surface area contributed by atoms with Crippen molar-refractivity contribution in [1.82, 2.24) is 9.80 Å². The maximum Gasteiger partial charge on any atom is 0.329 e. The van der Waals surface area contributed by atoms with E-state index in [4.69, 9.17) is 9.47 Å². The summed E-state index contributed by atoms with van der Waals surface area (Å²) in [5.41, 5.74) is 0.534. The van der Waals surface area contributed by atoms with E-state index in [9.17, 15) is 14.4 Å². The monoisotopic (exact) mass is 446 g/mol. The van der Waals surface area contributed by atoms with Crippen molar-refractivity contribution < 1.29 is 23.9 Å². The van der Waals surface area contributed by atoms with Gasteiger partial charge < -0.3 is 19.3 Å². The van der Waals surface area contributed by atoms with Crippen molar-refractivity contribution in [1.29, 1.82) is 0 Å². The molecule has 0 N–H and O–H groups in total. The number of nitrogens with zero attached hydrogens (tertiary/aromatic N) is 2. The van der Waals surface area contributed by atoms with Crippen LogP contribution in [0.3, 0.4) is 0 Å². The molecule has 0 aromatic heterocycles. The fourth-order valence-corrected chi connectivity index (χ4v) is 3.93. The van der Waals surface area contributed by atoms with Gasteiger partial charge in [-0.25, -0.2) is 9.59 Å². The maximum atomic E-state index is 13.3. The molecule has 1 aromatic rings. The normalized spacial score (nSPS) is 17.0. The molecule has 32 heavy (non-hydrogen) atoms. The van der Waals surface area contributed by atoms with Crippen molar-refractivity contribution in [2.45, 2.75) is 71.9 Å². The standard InChI is InChI=1S/C25H38N2O5/c1-6-26(24(30)27-17-11-14-21(27)23(29)32-25(3,4)5)18-20(22(28)31-7-2)16-15-19-12-9-8-10-13-19/h8-10,12-13,20-21H,6-7,11,14-18H2,1-5H3/t20?,21-/m0/s1. The van der Waals surface area contributed by atoms with Crippen LogP contribution in [-0.4, -0.2) is 65.7 Å². The number of hydrogen-bond donors (Lipinski definition) is 0. The van der Waals surface area contributed by atoms with Crippen molar-refractivity contribution >= 4 is 18.0 Å². The van der Waals surface area contributed by atoms with Crippen molar-refractivity contribution in [3.63, 3.8) is 0 Å². The second kappa shape index (κ2) is 11.9. The van der Waals surface area contributed by atoms with Crippen molar-refractivity contribution in [2.75, 3.05) is 26.2 Å². The Bertz CT molecular complexity index is 759. The molecule has 7 heteroatoms. The second-order valence-corrected chi connectivity index (χ2v) is 9.18. The summed E-state index contributed by atoms with van der Waals surface area (Å²) in [5.74, 6) is -1.09. The van der Waals surface area contributed by atoms with Crippen LogP contribution in [0.15, 0.2) is 30.3 Å². The Balaban J connectivity index is 2.09. The van der Waals surface area contributed by atoms with Crippen LogP contribution in [0.2, 0.25) is 0 Å². The van der Waals surface area contributed by atoms with Gasteiger partial charge in [0, 0.05) is 19.6 Å². The van der Waals surface area contributed by atoms with E-state index in [1.807, 2.05) is 58.0 Å². The number of likely N-dealkylation sites (tertiary alicyclic amines) is 1. The van der Waals surface area contributed by atoms with Crippen LogP contribution >= 0.6 is 0 Å². The van der Waals surface area contributed by atoms with Crippen LogP contribution in [0, 0.1) is 5.92 Å². The minimum atomic E-state index is -0.606. The van der Waals surface area contributed by atoms with E-state index < -0.39 is 17.6 Å². The largest absolute Gasteiger partial charge is 0.466 e. The minimum Gasteiger partial charge on any atom is -0.466 e. The lowest BCUT2D eigenvalue weighted by Gasteiger charge is -2.33. The van der Waals surface area contributed by atoms with Gasteiger partial charge in [0.1, 0.15) is 11.6 Å². The van der Waals surface area contributed by atoms with E-state index in [-0.39, 0.29) is 24.5 Å². The number of rotatable bonds is 9. The van der Waals surface area contributed by atoms with Crippen LogP contribution < -0.4 is 0 Å². The third-order valence-electron chi connectivity index (χ3n) is 5.51. The van der Waals surface area contributed by atoms with Crippen molar-refractivity contribution in [2.24, 2.45) is 5.92 Å². The van der Waals surface area contributed by atoms with E-state index in [2.05, 4.69) is 0 Å². The first-order chi connectivity index (χ1) is 15.2. The Morgan fingerprint density at radius 3 is 2.44 bits per heavy atom. The predicted molar refractivity (Wildman–Crippen MR) is 123 cm³/mol. The molecule has 0 aliphatic carbocycles. The number of aryl methyl sites for hydroxylation is 1. The highest BCUT2D eigenvalue weighted by Crippen LogP contribution is 2.23. The van der Waals surface area contributed by atoms with Gasteiger partial charge in [-0.15, -0.1) is 0 Å². The van der Waals surface area contributed by atoms with Crippen LogP contribution in [0.4, 0.5) is 4.79 Å². The van der Waals surface area contributed by atoms with Gasteiger partial charge in [0.25, 0.3) is 0 Å². The number of carbonyl (C=O) groups is 3. The number of urea groups is 1. The highest BCUT2D eigenvalue weighted by Gasteiger charge is 2.39. The Morgan fingerprint density at radius 2 is 1.84 bits per heavy atom. The predicted octanol–water partition coefficient (Wildman–Crippen LogP) is 4.05. The summed E-state index contributed by atoms with van der Waals surface area (Å²) in [6.07, 6.45) is 2.65. The van der Waals surface area contributed by atoms with E-state index in [1.165, 1.54) is 0 Å². The number of amides is 2. The van der Waals surface area contributed by atoms with E-state index >= 15 is 0 Å². The maximum absolute atomic E-state index is 13.3. The highest BCUT2D eigenvalue weighted by atomic mass is 16.6. The van der Waals surface area contributed by atoms with Gasteiger partial charge in [-0.05, 0) is 65.9 Å². The molecule has 0 saturated carbocycles. The van der Waals surface area contributed by atoms with Crippen LogP contribution in [0.1, 0.15) is 59.4 Å². The first kappa shape index (κ1) is 25.7. The molecule has 1 aliphatic rings. The van der Waals surface area contributed by atoms with Crippen molar-refractivity contribution in [3.05, 3.63) is 35.9 Å². The summed E-state index contributed by atoms with van der Waals surface area (Å²) >= 11 is 0. The SMILES string of the molecule is CCOC(=O)C(CCc1ccccc1)CN(CC)C(=O)N1CCC[C@H]1C(=O)OC(C)(C)C. The average molecular weight is 447 g/mol. The van der Waals surface area contributed by atoms with Gasteiger partial charge in [0.2, 0.25) is 0 Å². The average Bonchev–Trinajstić information content (AvgIpc) is 3.23. The number of benzene rings is 1. The third kappa shape index (κ3) is 7.53. The molecule has 0 bridgehead atoms. The zero-order valence-electron chi connectivity index (χ0n) is 20.1. The van der Waals surface area contributed by atoms with Gasteiger partial charge in [-0.2, -0.15) is 0 Å². The Labute approximate surface area is 192 Å². The molecule has 2 amide bonds. The molecular formula is C25H38N2O5. The molecule has 1 unspecified atom stereocenters. The molecule has 1 heterocycles. The van der Waals surface area contributed by atoms with Gasteiger partial charge in [-0.3, -0.25) is 4.79 Å². The molecule has 1 fully saturated rings. The topological polar surface area (TPSA) is 76.2 Å². The minimum absolute atomic E-state index is 0.227. The van der Waals surface area contributed by atoms with Crippen LogP contribution in [0.25, 0.3) is 0 Å². The zero-order chi connectivity index (χ0) is 23.7. The van der Waals surface area contributed by atoms with Crippen LogP contribution in [0.5, 0.6) is 0 Å². The van der Waals surface area contributed by atoms with E-state index in [0.717, 1.165) is 18.4 Å². The highest BCUT2D eigenvalue weighted by molar-refractivity contribution is 5.85. The quantitative estimate of drug-likeness (QED) is 0.535. The molecule has 2 rings (SSSR count). The summed E-state index contributed by atoms with van der Waals surface area (Å²) in [7, 11) is 0. The Morgan fingerprint density at radius 1 is 1.16 bits per heavy atom. The summed E-state index contributed by atoms with van der Waals surface area (Å²) in [5, 5.41) is 0. The van der Waals surface area contributed by atoms with Gasteiger partial charge in [0.15, 0.2) is 0 Å². The van der Waals surface area contributed by atoms with Crippen molar-refractivity contribution in [3.8, 4) is 0 Å². The smallest absolute Gasteiger partial charge is 0.329 e. The summed E-state index contributed by atoms with van der Waals surface area (Å²) < 4.78 is 10.8. The summed E-state index contributed by atoms with van der Waals surface area (Å²) in [4.78, 5) is 41.9. The molecular weight excluding hydrogens is 408 g/mol.